The average molecular weight is 380 g/mol. The number of hydrogen-bond acceptors (Lipinski definition) is 1. The van der Waals surface area contributed by atoms with Crippen LogP contribution in [-0.4, -0.2) is 29.7 Å². The standard InChI is InChI=1S/C19H31O.BrH.Mg/c1-8-9-10-13-20-17-12-11-15(18(2,3)4)14-16(17)19(5,6)7;;/h11,14H,8-10,13H2,1-7H3;1H;/q-1;;+2/p-1. The number of ether oxygens (including phenoxy) is 1. The molecule has 0 aliphatic heterocycles. The van der Waals surface area contributed by atoms with Crippen LogP contribution in [0.5, 0.6) is 5.75 Å². The molecule has 0 heterocycles. The topological polar surface area (TPSA) is 9.23 Å². The quantitative estimate of drug-likeness (QED) is 0.433. The largest absolute Gasteiger partial charge is 2.00 e. The van der Waals surface area contributed by atoms with Crippen molar-refractivity contribution in [1.29, 1.82) is 0 Å². The average Bonchev–Trinajstić information content (AvgIpc) is 2.32. The van der Waals surface area contributed by atoms with E-state index in [1.807, 2.05) is 0 Å². The van der Waals surface area contributed by atoms with Gasteiger partial charge < -0.3 is 21.7 Å². The molecule has 1 aromatic rings. The fourth-order valence-electron chi connectivity index (χ4n) is 2.12. The van der Waals surface area contributed by atoms with E-state index in [0.717, 1.165) is 18.8 Å². The Balaban J connectivity index is 0. The van der Waals surface area contributed by atoms with E-state index in [1.165, 1.54) is 24.0 Å². The Labute approximate surface area is 164 Å². The molecule has 122 valence electrons. The van der Waals surface area contributed by atoms with Gasteiger partial charge in [-0.05, 0) is 6.42 Å². The fraction of sp³-hybridized carbons (Fsp3) is 0.684. The minimum absolute atomic E-state index is 0. The number of benzene rings is 1. The van der Waals surface area contributed by atoms with E-state index < -0.39 is 0 Å². The van der Waals surface area contributed by atoms with Crippen LogP contribution in [0.25, 0.3) is 0 Å². The smallest absolute Gasteiger partial charge is 1.00 e. The van der Waals surface area contributed by atoms with Crippen LogP contribution in [0.3, 0.4) is 0 Å². The summed E-state index contributed by atoms with van der Waals surface area (Å²) in [6, 6.07) is 7.76. The summed E-state index contributed by atoms with van der Waals surface area (Å²) in [6.07, 6.45) is 3.57. The van der Waals surface area contributed by atoms with Crippen molar-refractivity contribution in [2.45, 2.75) is 78.6 Å². The van der Waals surface area contributed by atoms with Crippen molar-refractivity contribution >= 4 is 23.1 Å². The third-order valence-corrected chi connectivity index (χ3v) is 3.57. The van der Waals surface area contributed by atoms with E-state index in [1.54, 1.807) is 0 Å². The molecular formula is C19H31BrMgO. The summed E-state index contributed by atoms with van der Waals surface area (Å²) in [5.41, 5.74) is 2.82. The van der Waals surface area contributed by atoms with Gasteiger partial charge >= 0.3 is 23.1 Å². The molecule has 0 aliphatic rings. The molecule has 0 spiro atoms. The van der Waals surface area contributed by atoms with Gasteiger partial charge in [0.1, 0.15) is 0 Å². The number of unbranched alkanes of at least 4 members (excludes halogenated alkanes) is 2. The summed E-state index contributed by atoms with van der Waals surface area (Å²) in [4.78, 5) is 0. The predicted molar refractivity (Wildman–Crippen MR) is 93.5 cm³/mol. The van der Waals surface area contributed by atoms with Crippen LogP contribution in [0.4, 0.5) is 0 Å². The van der Waals surface area contributed by atoms with Crippen molar-refractivity contribution in [2.75, 3.05) is 6.61 Å². The number of hydrogen-bond donors (Lipinski definition) is 0. The van der Waals surface area contributed by atoms with Gasteiger partial charge in [-0.2, -0.15) is 17.7 Å². The van der Waals surface area contributed by atoms with Gasteiger partial charge in [0, 0.05) is 5.75 Å². The van der Waals surface area contributed by atoms with Crippen LogP contribution < -0.4 is 21.7 Å². The number of rotatable bonds is 5. The van der Waals surface area contributed by atoms with E-state index in [9.17, 15) is 0 Å². The SMILES string of the molecule is CCCCCOc1[c-]cc(C(C)(C)C)cc1C(C)(C)C.[Br-].[Mg+2]. The van der Waals surface area contributed by atoms with Crippen molar-refractivity contribution < 1.29 is 21.7 Å². The van der Waals surface area contributed by atoms with Crippen LogP contribution in [0.2, 0.25) is 0 Å². The van der Waals surface area contributed by atoms with Crippen molar-refractivity contribution in [3.05, 3.63) is 29.3 Å². The molecule has 0 fully saturated rings. The number of halogens is 1. The Morgan fingerprint density at radius 2 is 1.59 bits per heavy atom. The van der Waals surface area contributed by atoms with Crippen molar-refractivity contribution in [2.24, 2.45) is 0 Å². The van der Waals surface area contributed by atoms with Crippen molar-refractivity contribution in [1.82, 2.24) is 0 Å². The maximum absolute atomic E-state index is 5.98. The van der Waals surface area contributed by atoms with Gasteiger partial charge in [-0.25, -0.2) is 0 Å². The van der Waals surface area contributed by atoms with Crippen LogP contribution in [0.15, 0.2) is 12.1 Å². The Morgan fingerprint density at radius 1 is 1.00 bits per heavy atom. The van der Waals surface area contributed by atoms with E-state index >= 15 is 0 Å². The second-order valence-corrected chi connectivity index (χ2v) is 7.69. The molecule has 0 amide bonds. The molecule has 0 unspecified atom stereocenters. The molecule has 22 heavy (non-hydrogen) atoms. The summed E-state index contributed by atoms with van der Waals surface area (Å²) in [6.45, 7) is 16.4. The maximum Gasteiger partial charge on any atom is 2.00 e. The third-order valence-electron chi connectivity index (χ3n) is 3.57. The molecule has 0 saturated carbocycles. The molecule has 0 aromatic heterocycles. The van der Waals surface area contributed by atoms with E-state index in [-0.39, 0.29) is 50.9 Å². The van der Waals surface area contributed by atoms with Crippen molar-refractivity contribution in [3.8, 4) is 5.75 Å². The minimum atomic E-state index is 0. The first-order valence-corrected chi connectivity index (χ1v) is 7.85. The van der Waals surface area contributed by atoms with E-state index in [0.29, 0.717) is 0 Å². The fourth-order valence-corrected chi connectivity index (χ4v) is 2.12. The van der Waals surface area contributed by atoms with Gasteiger partial charge in [-0.3, -0.25) is 0 Å². The maximum atomic E-state index is 5.98. The molecule has 3 heteroatoms. The zero-order valence-corrected chi connectivity index (χ0v) is 18.5. The first kappa shape index (κ1) is 24.5. The molecule has 0 saturated heterocycles. The first-order chi connectivity index (χ1) is 9.16. The summed E-state index contributed by atoms with van der Waals surface area (Å²) in [7, 11) is 0. The molecular weight excluding hydrogens is 348 g/mol. The normalized spacial score (nSPS) is 11.4. The van der Waals surface area contributed by atoms with Crippen LogP contribution >= 0.6 is 0 Å². The Kier molecular flexibility index (Phi) is 11.4. The zero-order chi connectivity index (χ0) is 15.4. The monoisotopic (exact) mass is 378 g/mol. The first-order valence-electron chi connectivity index (χ1n) is 7.85. The minimum Gasteiger partial charge on any atom is -1.00 e. The summed E-state index contributed by atoms with van der Waals surface area (Å²) >= 11 is 0. The molecule has 1 rings (SSSR count). The molecule has 0 aliphatic carbocycles. The second kappa shape index (κ2) is 10.2. The molecule has 1 nitrogen and oxygen atoms in total. The van der Waals surface area contributed by atoms with Gasteiger partial charge in [0.05, 0.1) is 6.61 Å². The van der Waals surface area contributed by atoms with Crippen LogP contribution in [-0.2, 0) is 10.8 Å². The van der Waals surface area contributed by atoms with Gasteiger partial charge in [0.25, 0.3) is 0 Å². The van der Waals surface area contributed by atoms with E-state index in [2.05, 4.69) is 66.7 Å². The van der Waals surface area contributed by atoms with Crippen LogP contribution in [0, 0.1) is 6.07 Å². The summed E-state index contributed by atoms with van der Waals surface area (Å²) in [5, 5.41) is 0. The van der Waals surface area contributed by atoms with Gasteiger partial charge in [-0.15, -0.1) is 11.6 Å². The zero-order valence-electron chi connectivity index (χ0n) is 15.5. The van der Waals surface area contributed by atoms with E-state index in [4.69, 9.17) is 4.74 Å². The van der Waals surface area contributed by atoms with Gasteiger partial charge in [-0.1, -0.05) is 72.1 Å². The summed E-state index contributed by atoms with van der Waals surface area (Å²) in [5.74, 6) is 0.932. The van der Waals surface area contributed by atoms with Crippen LogP contribution in [0.1, 0.15) is 78.9 Å². The molecule has 0 bridgehead atoms. The predicted octanol–water partition coefficient (Wildman–Crippen LogP) is 2.27. The molecule has 0 atom stereocenters. The van der Waals surface area contributed by atoms with Crippen molar-refractivity contribution in [3.63, 3.8) is 0 Å². The Hall–Kier alpha value is 0.266. The third kappa shape index (κ3) is 7.70. The Morgan fingerprint density at radius 3 is 2.05 bits per heavy atom. The molecule has 0 N–H and O–H groups in total. The van der Waals surface area contributed by atoms with Gasteiger partial charge in [0.2, 0.25) is 0 Å². The second-order valence-electron chi connectivity index (χ2n) is 7.69. The molecule has 1 aromatic carbocycles. The molecule has 0 radical (unpaired) electrons. The van der Waals surface area contributed by atoms with Gasteiger partial charge in [0.15, 0.2) is 0 Å². The summed E-state index contributed by atoms with van der Waals surface area (Å²) < 4.78 is 5.98. The Bertz CT molecular complexity index is 430.